The lowest BCUT2D eigenvalue weighted by atomic mass is 10.1. The number of aliphatic hydroxyl groups is 1. The third-order valence-electron chi connectivity index (χ3n) is 4.94. The molecule has 3 rings (SSSR count). The second-order valence-corrected chi connectivity index (χ2v) is 6.57. The van der Waals surface area contributed by atoms with Crippen LogP contribution in [-0.4, -0.2) is 71.8 Å². The molecule has 24 heavy (non-hydrogen) atoms. The molecule has 0 saturated carbocycles. The van der Waals surface area contributed by atoms with Crippen LogP contribution >= 0.6 is 0 Å². The first-order valence-corrected chi connectivity index (χ1v) is 8.60. The molecule has 0 amide bonds. The van der Waals surface area contributed by atoms with Crippen molar-refractivity contribution in [1.29, 1.82) is 0 Å². The van der Waals surface area contributed by atoms with E-state index < -0.39 is 11.0 Å². The van der Waals surface area contributed by atoms with Gasteiger partial charge in [-0.3, -0.25) is 19.9 Å². The summed E-state index contributed by atoms with van der Waals surface area (Å²) in [6, 6.07) is 6.75. The smallest absolute Gasteiger partial charge is 0.269 e. The van der Waals surface area contributed by atoms with Gasteiger partial charge in [0.05, 0.1) is 24.2 Å². The Kier molecular flexibility index (Phi) is 5.78. The highest BCUT2D eigenvalue weighted by Gasteiger charge is 2.29. The van der Waals surface area contributed by atoms with Crippen molar-refractivity contribution in [3.05, 3.63) is 39.9 Å². The SMILES string of the molecule is O=[N+]([O-])c1cccc(C(O)CN2CCCC2CN2CCOCC2)c1. The minimum atomic E-state index is -0.699. The van der Waals surface area contributed by atoms with Crippen LogP contribution in [0.1, 0.15) is 24.5 Å². The first kappa shape index (κ1) is 17.3. The Morgan fingerprint density at radius 3 is 2.88 bits per heavy atom. The molecule has 2 atom stereocenters. The number of rotatable bonds is 6. The number of likely N-dealkylation sites (tertiary alicyclic amines) is 1. The van der Waals surface area contributed by atoms with Gasteiger partial charge in [-0.25, -0.2) is 0 Å². The normalized spacial score (nSPS) is 24.1. The monoisotopic (exact) mass is 335 g/mol. The van der Waals surface area contributed by atoms with Crippen molar-refractivity contribution in [3.63, 3.8) is 0 Å². The summed E-state index contributed by atoms with van der Waals surface area (Å²) in [7, 11) is 0. The molecule has 1 N–H and O–H groups in total. The minimum absolute atomic E-state index is 0.0258. The summed E-state index contributed by atoms with van der Waals surface area (Å²) < 4.78 is 5.39. The Bertz CT molecular complexity index is 563. The number of nitro groups is 1. The van der Waals surface area contributed by atoms with E-state index in [0.717, 1.165) is 52.2 Å². The van der Waals surface area contributed by atoms with E-state index in [1.807, 2.05) is 0 Å². The quantitative estimate of drug-likeness (QED) is 0.626. The van der Waals surface area contributed by atoms with Crippen LogP contribution in [0.4, 0.5) is 5.69 Å². The van der Waals surface area contributed by atoms with Gasteiger partial charge >= 0.3 is 0 Å². The van der Waals surface area contributed by atoms with Crippen molar-refractivity contribution in [2.24, 2.45) is 0 Å². The van der Waals surface area contributed by atoms with Gasteiger partial charge in [0.15, 0.2) is 0 Å². The van der Waals surface area contributed by atoms with Gasteiger partial charge in [0.25, 0.3) is 5.69 Å². The first-order valence-electron chi connectivity index (χ1n) is 8.60. The molecule has 0 bridgehead atoms. The van der Waals surface area contributed by atoms with Crippen LogP contribution in [0, 0.1) is 10.1 Å². The van der Waals surface area contributed by atoms with Crippen LogP contribution in [0.2, 0.25) is 0 Å². The molecule has 2 saturated heterocycles. The first-order chi connectivity index (χ1) is 11.6. The number of ether oxygens (including phenoxy) is 1. The molecular weight excluding hydrogens is 310 g/mol. The molecule has 0 aromatic heterocycles. The molecule has 2 fully saturated rings. The number of aliphatic hydroxyl groups excluding tert-OH is 1. The molecule has 7 heteroatoms. The van der Waals surface area contributed by atoms with Crippen molar-refractivity contribution in [2.45, 2.75) is 25.0 Å². The van der Waals surface area contributed by atoms with Crippen molar-refractivity contribution in [2.75, 3.05) is 45.9 Å². The van der Waals surface area contributed by atoms with Gasteiger partial charge in [-0.1, -0.05) is 12.1 Å². The maximum Gasteiger partial charge on any atom is 0.269 e. The fourth-order valence-corrected chi connectivity index (χ4v) is 3.60. The molecule has 7 nitrogen and oxygen atoms in total. The van der Waals surface area contributed by atoms with E-state index in [9.17, 15) is 15.2 Å². The summed E-state index contributed by atoms with van der Waals surface area (Å²) in [5.74, 6) is 0. The van der Waals surface area contributed by atoms with Crippen LogP contribution in [0.25, 0.3) is 0 Å². The van der Waals surface area contributed by atoms with E-state index in [0.29, 0.717) is 18.2 Å². The third kappa shape index (κ3) is 4.30. The molecular formula is C17H25N3O4. The highest BCUT2D eigenvalue weighted by molar-refractivity contribution is 5.35. The number of hydrogen-bond acceptors (Lipinski definition) is 6. The fourth-order valence-electron chi connectivity index (χ4n) is 3.60. The van der Waals surface area contributed by atoms with Crippen molar-refractivity contribution < 1.29 is 14.8 Å². The molecule has 1 aromatic rings. The number of morpholine rings is 1. The maximum atomic E-state index is 10.9. The number of nitro benzene ring substituents is 1. The van der Waals surface area contributed by atoms with E-state index in [1.54, 1.807) is 12.1 Å². The van der Waals surface area contributed by atoms with Gasteiger partial charge in [0.1, 0.15) is 0 Å². The molecule has 1 aromatic carbocycles. The van der Waals surface area contributed by atoms with E-state index >= 15 is 0 Å². The summed E-state index contributed by atoms with van der Waals surface area (Å²) in [6.45, 7) is 6.03. The molecule has 2 unspecified atom stereocenters. The largest absolute Gasteiger partial charge is 0.387 e. The van der Waals surface area contributed by atoms with Crippen LogP contribution in [-0.2, 0) is 4.74 Å². The lowest BCUT2D eigenvalue weighted by molar-refractivity contribution is -0.385. The number of benzene rings is 1. The standard InChI is InChI=1S/C17H25N3O4/c21-17(14-3-1-4-15(11-14)20(22)23)13-19-6-2-5-16(19)12-18-7-9-24-10-8-18/h1,3-4,11,16-17,21H,2,5-10,12-13H2. The summed E-state index contributed by atoms with van der Waals surface area (Å²) in [5, 5.41) is 21.4. The van der Waals surface area contributed by atoms with E-state index in [1.165, 1.54) is 12.1 Å². The number of hydrogen-bond donors (Lipinski definition) is 1. The second kappa shape index (κ2) is 8.02. The van der Waals surface area contributed by atoms with Crippen LogP contribution in [0.5, 0.6) is 0 Å². The van der Waals surface area contributed by atoms with Crippen LogP contribution < -0.4 is 0 Å². The lowest BCUT2D eigenvalue weighted by Gasteiger charge is -2.33. The Hall–Kier alpha value is -1.54. The minimum Gasteiger partial charge on any atom is -0.387 e. The van der Waals surface area contributed by atoms with Gasteiger partial charge in [0.2, 0.25) is 0 Å². The van der Waals surface area contributed by atoms with Gasteiger partial charge in [-0.2, -0.15) is 0 Å². The number of nitrogens with zero attached hydrogens (tertiary/aromatic N) is 3. The number of β-amino-alcohol motifs (C(OH)–C–C–N with tert-alkyl or cyclic N) is 1. The summed E-state index contributed by atoms with van der Waals surface area (Å²) >= 11 is 0. The molecule has 0 radical (unpaired) electrons. The summed E-state index contributed by atoms with van der Waals surface area (Å²) in [5.41, 5.74) is 0.638. The Balaban J connectivity index is 1.59. The third-order valence-corrected chi connectivity index (χ3v) is 4.94. The van der Waals surface area contributed by atoms with Crippen molar-refractivity contribution >= 4 is 5.69 Å². The zero-order chi connectivity index (χ0) is 16.9. The predicted molar refractivity (Wildman–Crippen MR) is 89.9 cm³/mol. The Labute approximate surface area is 142 Å². The van der Waals surface area contributed by atoms with E-state index in [2.05, 4.69) is 9.80 Å². The Morgan fingerprint density at radius 1 is 1.33 bits per heavy atom. The predicted octanol–water partition coefficient (Wildman–Crippen LogP) is 1.42. The molecule has 0 spiro atoms. The van der Waals surface area contributed by atoms with E-state index in [-0.39, 0.29) is 5.69 Å². The van der Waals surface area contributed by atoms with Gasteiger partial charge in [0, 0.05) is 44.4 Å². The van der Waals surface area contributed by atoms with Crippen molar-refractivity contribution in [1.82, 2.24) is 9.80 Å². The van der Waals surface area contributed by atoms with Crippen molar-refractivity contribution in [3.8, 4) is 0 Å². The van der Waals surface area contributed by atoms with Crippen LogP contribution in [0.15, 0.2) is 24.3 Å². The zero-order valence-electron chi connectivity index (χ0n) is 13.8. The second-order valence-electron chi connectivity index (χ2n) is 6.57. The average molecular weight is 335 g/mol. The average Bonchev–Trinajstić information content (AvgIpc) is 3.02. The number of non-ortho nitro benzene ring substituents is 1. The highest BCUT2D eigenvalue weighted by atomic mass is 16.6. The molecule has 2 aliphatic heterocycles. The molecule has 132 valence electrons. The maximum absolute atomic E-state index is 10.9. The highest BCUT2D eigenvalue weighted by Crippen LogP contribution is 2.25. The van der Waals surface area contributed by atoms with Gasteiger partial charge < -0.3 is 9.84 Å². The molecule has 2 heterocycles. The van der Waals surface area contributed by atoms with Gasteiger partial charge in [-0.15, -0.1) is 0 Å². The molecule has 0 aliphatic carbocycles. The summed E-state index contributed by atoms with van der Waals surface area (Å²) in [6.07, 6.45) is 1.57. The molecule has 2 aliphatic rings. The van der Waals surface area contributed by atoms with E-state index in [4.69, 9.17) is 4.74 Å². The topological polar surface area (TPSA) is 79.1 Å². The lowest BCUT2D eigenvalue weighted by Crippen LogP contribution is -2.45. The zero-order valence-corrected chi connectivity index (χ0v) is 13.8. The fraction of sp³-hybridized carbons (Fsp3) is 0.647. The van der Waals surface area contributed by atoms with Crippen LogP contribution in [0.3, 0.4) is 0 Å². The Morgan fingerprint density at radius 2 is 2.12 bits per heavy atom. The van der Waals surface area contributed by atoms with Gasteiger partial charge in [-0.05, 0) is 24.9 Å². The summed E-state index contributed by atoms with van der Waals surface area (Å²) in [4.78, 5) is 15.2.